The van der Waals surface area contributed by atoms with Gasteiger partial charge in [0.2, 0.25) is 5.91 Å². The van der Waals surface area contributed by atoms with Gasteiger partial charge in [-0.25, -0.2) is 0 Å². The highest BCUT2D eigenvalue weighted by Gasteiger charge is 2.58. The van der Waals surface area contributed by atoms with Gasteiger partial charge in [-0.3, -0.25) is 9.59 Å². The van der Waals surface area contributed by atoms with E-state index >= 15 is 0 Å². The van der Waals surface area contributed by atoms with Crippen LogP contribution in [0.2, 0.25) is 0 Å². The zero-order valence-electron chi connectivity index (χ0n) is 13.0. The third-order valence-corrected chi connectivity index (χ3v) is 5.81. The number of carboxylic acid groups (broad SMARTS) is 1. The molecular formula is C15H26N2O3. The quantitative estimate of drug-likeness (QED) is 0.829. The van der Waals surface area contributed by atoms with E-state index in [0.29, 0.717) is 12.8 Å². The van der Waals surface area contributed by atoms with Gasteiger partial charge in [-0.1, -0.05) is 13.8 Å². The van der Waals surface area contributed by atoms with Crippen molar-refractivity contribution in [1.82, 2.24) is 9.80 Å². The number of hydrogen-bond donors (Lipinski definition) is 1. The number of carbonyl (C=O) groups is 2. The molecule has 1 N–H and O–H groups in total. The predicted octanol–water partition coefficient (Wildman–Crippen LogP) is 1.29. The lowest BCUT2D eigenvalue weighted by molar-refractivity contribution is -0.156. The van der Waals surface area contributed by atoms with E-state index in [1.807, 2.05) is 18.7 Å². The van der Waals surface area contributed by atoms with Crippen LogP contribution in [0, 0.1) is 16.7 Å². The van der Waals surface area contributed by atoms with Gasteiger partial charge in [0, 0.05) is 32.1 Å². The highest BCUT2D eigenvalue weighted by atomic mass is 16.4. The molecule has 0 spiro atoms. The van der Waals surface area contributed by atoms with Crippen molar-refractivity contribution >= 4 is 11.9 Å². The zero-order valence-corrected chi connectivity index (χ0v) is 13.0. The van der Waals surface area contributed by atoms with E-state index in [1.54, 1.807) is 6.92 Å². The van der Waals surface area contributed by atoms with E-state index in [-0.39, 0.29) is 11.8 Å². The lowest BCUT2D eigenvalue weighted by Gasteiger charge is -2.41. The minimum atomic E-state index is -0.806. The summed E-state index contributed by atoms with van der Waals surface area (Å²) >= 11 is 0. The summed E-state index contributed by atoms with van der Waals surface area (Å²) in [7, 11) is 2.06. The Bertz CT molecular complexity index is 413. The molecule has 0 radical (unpaired) electrons. The number of amides is 1. The van der Waals surface area contributed by atoms with Crippen LogP contribution in [0.5, 0.6) is 0 Å². The van der Waals surface area contributed by atoms with E-state index in [0.717, 1.165) is 26.2 Å². The molecule has 20 heavy (non-hydrogen) atoms. The number of carbonyl (C=O) groups excluding carboxylic acids is 1. The number of carboxylic acids is 1. The van der Waals surface area contributed by atoms with Crippen molar-refractivity contribution in [3.8, 4) is 0 Å². The van der Waals surface area contributed by atoms with Gasteiger partial charge >= 0.3 is 5.97 Å². The molecular weight excluding hydrogens is 256 g/mol. The molecule has 1 amide bonds. The minimum Gasteiger partial charge on any atom is -0.481 e. The molecule has 5 nitrogen and oxygen atoms in total. The van der Waals surface area contributed by atoms with Gasteiger partial charge in [0.05, 0.1) is 5.41 Å². The molecule has 0 unspecified atom stereocenters. The van der Waals surface area contributed by atoms with Crippen LogP contribution in [0.15, 0.2) is 0 Å². The van der Waals surface area contributed by atoms with Gasteiger partial charge in [-0.15, -0.1) is 0 Å². The number of nitrogens with zero attached hydrogens (tertiary/aromatic N) is 2. The van der Waals surface area contributed by atoms with Crippen molar-refractivity contribution in [3.63, 3.8) is 0 Å². The summed E-state index contributed by atoms with van der Waals surface area (Å²) in [5, 5.41) is 9.52. The first-order chi connectivity index (χ1) is 9.20. The average molecular weight is 282 g/mol. The highest BCUT2D eigenvalue weighted by molar-refractivity contribution is 5.84. The summed E-state index contributed by atoms with van der Waals surface area (Å²) in [6.07, 6.45) is 1.26. The van der Waals surface area contributed by atoms with Gasteiger partial charge in [-0.2, -0.15) is 0 Å². The molecule has 1 aliphatic carbocycles. The van der Waals surface area contributed by atoms with E-state index < -0.39 is 16.8 Å². The van der Waals surface area contributed by atoms with Crippen LogP contribution < -0.4 is 0 Å². The third-order valence-electron chi connectivity index (χ3n) is 5.81. The number of aliphatic carboxylic acids is 1. The first kappa shape index (κ1) is 15.3. The second-order valence-electron chi connectivity index (χ2n) is 7.08. The molecule has 0 bridgehead atoms. The van der Waals surface area contributed by atoms with Crippen molar-refractivity contribution in [2.24, 2.45) is 16.7 Å². The van der Waals surface area contributed by atoms with Crippen molar-refractivity contribution < 1.29 is 14.7 Å². The molecule has 5 heteroatoms. The molecule has 1 saturated heterocycles. The molecule has 0 aromatic carbocycles. The maximum Gasteiger partial charge on any atom is 0.309 e. The number of rotatable bonds is 2. The Balaban J connectivity index is 2.14. The molecule has 1 aliphatic heterocycles. The normalized spacial score (nSPS) is 34.2. The van der Waals surface area contributed by atoms with Crippen LogP contribution in [0.25, 0.3) is 0 Å². The van der Waals surface area contributed by atoms with Gasteiger partial charge in [0.25, 0.3) is 0 Å². The molecule has 2 rings (SSSR count). The van der Waals surface area contributed by atoms with Crippen molar-refractivity contribution in [1.29, 1.82) is 0 Å². The van der Waals surface area contributed by atoms with E-state index in [2.05, 4.69) is 11.9 Å². The van der Waals surface area contributed by atoms with Gasteiger partial charge in [-0.05, 0) is 32.2 Å². The SMILES string of the molecule is CN1CCN(C(=O)[C@@H]2CC[C@](C)(C(=O)O)C2(C)C)CC1. The average Bonchev–Trinajstić information content (AvgIpc) is 2.62. The van der Waals surface area contributed by atoms with Crippen LogP contribution in [-0.2, 0) is 9.59 Å². The predicted molar refractivity (Wildman–Crippen MR) is 76.3 cm³/mol. The summed E-state index contributed by atoms with van der Waals surface area (Å²) in [6, 6.07) is 0. The van der Waals surface area contributed by atoms with Crippen LogP contribution in [0.4, 0.5) is 0 Å². The lowest BCUT2D eigenvalue weighted by atomic mass is 9.65. The minimum absolute atomic E-state index is 0.146. The molecule has 1 saturated carbocycles. The maximum atomic E-state index is 12.7. The standard InChI is InChI=1S/C15H26N2O3/c1-14(2)11(5-6-15(14,3)13(19)20)12(18)17-9-7-16(4)8-10-17/h11H,5-10H2,1-4H3,(H,19,20)/t11-,15+/m0/s1. The van der Waals surface area contributed by atoms with Crippen molar-refractivity contribution in [2.75, 3.05) is 33.2 Å². The fourth-order valence-electron chi connectivity index (χ4n) is 3.56. The summed E-state index contributed by atoms with van der Waals surface area (Å²) in [5.74, 6) is -0.809. The zero-order chi connectivity index (χ0) is 15.1. The molecule has 2 fully saturated rings. The maximum absolute atomic E-state index is 12.7. The first-order valence-corrected chi connectivity index (χ1v) is 7.41. The van der Waals surface area contributed by atoms with Crippen LogP contribution >= 0.6 is 0 Å². The first-order valence-electron chi connectivity index (χ1n) is 7.41. The number of hydrogen-bond acceptors (Lipinski definition) is 3. The Kier molecular flexibility index (Phi) is 3.84. The molecule has 1 heterocycles. The van der Waals surface area contributed by atoms with Crippen LogP contribution in [0.1, 0.15) is 33.6 Å². The van der Waals surface area contributed by atoms with Gasteiger partial charge in [0.1, 0.15) is 0 Å². The van der Waals surface area contributed by atoms with E-state index in [9.17, 15) is 14.7 Å². The van der Waals surface area contributed by atoms with E-state index in [1.165, 1.54) is 0 Å². The third kappa shape index (κ3) is 2.22. The molecule has 0 aromatic heterocycles. The van der Waals surface area contributed by atoms with Crippen molar-refractivity contribution in [3.05, 3.63) is 0 Å². The monoisotopic (exact) mass is 282 g/mol. The molecule has 2 atom stereocenters. The molecule has 114 valence electrons. The summed E-state index contributed by atoms with van der Waals surface area (Å²) in [5.41, 5.74) is -1.31. The van der Waals surface area contributed by atoms with E-state index in [4.69, 9.17) is 0 Å². The molecule has 2 aliphatic rings. The van der Waals surface area contributed by atoms with Crippen molar-refractivity contribution in [2.45, 2.75) is 33.6 Å². The second kappa shape index (κ2) is 5.02. The summed E-state index contributed by atoms with van der Waals surface area (Å²) < 4.78 is 0. The number of piperazine rings is 1. The Labute approximate surface area is 120 Å². The fourth-order valence-corrected chi connectivity index (χ4v) is 3.56. The smallest absolute Gasteiger partial charge is 0.309 e. The van der Waals surface area contributed by atoms with Crippen LogP contribution in [-0.4, -0.2) is 60.0 Å². The second-order valence-corrected chi connectivity index (χ2v) is 7.08. The summed E-state index contributed by atoms with van der Waals surface area (Å²) in [6.45, 7) is 8.97. The molecule has 0 aromatic rings. The summed E-state index contributed by atoms with van der Waals surface area (Å²) in [4.78, 5) is 28.5. The van der Waals surface area contributed by atoms with Crippen LogP contribution in [0.3, 0.4) is 0 Å². The topological polar surface area (TPSA) is 60.9 Å². The highest BCUT2D eigenvalue weighted by Crippen LogP contribution is 2.56. The number of likely N-dealkylation sites (N-methyl/N-ethyl adjacent to an activating group) is 1. The largest absolute Gasteiger partial charge is 0.481 e. The fraction of sp³-hybridized carbons (Fsp3) is 0.867. The Morgan fingerprint density at radius 2 is 1.65 bits per heavy atom. The lowest BCUT2D eigenvalue weighted by Crippen LogP contribution is -2.52. The Hall–Kier alpha value is -1.10. The Morgan fingerprint density at radius 3 is 2.10 bits per heavy atom. The Morgan fingerprint density at radius 1 is 1.10 bits per heavy atom. The van der Waals surface area contributed by atoms with Gasteiger partial charge < -0.3 is 14.9 Å². The van der Waals surface area contributed by atoms with Gasteiger partial charge in [0.15, 0.2) is 0 Å².